The van der Waals surface area contributed by atoms with Gasteiger partial charge < -0.3 is 38.6 Å². The third-order valence-electron chi connectivity index (χ3n) is 9.72. The van der Waals surface area contributed by atoms with E-state index in [-0.39, 0.29) is 70.9 Å². The van der Waals surface area contributed by atoms with Gasteiger partial charge in [0.05, 0.1) is 0 Å². The van der Waals surface area contributed by atoms with Crippen LogP contribution in [0.15, 0.2) is 60.7 Å². The molecule has 2 aromatic carbocycles. The smallest absolute Gasteiger partial charge is 0.410 e. The van der Waals surface area contributed by atoms with E-state index in [1.165, 1.54) is 9.80 Å². The number of carbonyl (C=O) groups is 7. The minimum absolute atomic E-state index is 0.00476. The molecule has 324 valence electrons. The number of benzene rings is 2. The van der Waals surface area contributed by atoms with Gasteiger partial charge in [0.2, 0.25) is 0 Å². The molecule has 2 fully saturated rings. The van der Waals surface area contributed by atoms with E-state index in [1.54, 1.807) is 74.4 Å². The first-order valence-corrected chi connectivity index (χ1v) is 19.7. The minimum Gasteiger partial charge on any atom is -0.480 e. The number of ketones is 1. The molecule has 2 amide bonds. The van der Waals surface area contributed by atoms with Gasteiger partial charge in [0.15, 0.2) is 23.2 Å². The van der Waals surface area contributed by atoms with Gasteiger partial charge in [-0.1, -0.05) is 81.4 Å². The summed E-state index contributed by atoms with van der Waals surface area (Å²) in [5, 5.41) is 9.63. The molecule has 0 unspecified atom stereocenters. The predicted molar refractivity (Wildman–Crippen MR) is 214 cm³/mol. The third kappa shape index (κ3) is 14.1. The van der Waals surface area contributed by atoms with Crippen LogP contribution in [0.4, 0.5) is 9.59 Å². The topological polar surface area (TPSA) is 192 Å². The number of carbonyl (C=O) groups excluding carboxylic acids is 6. The lowest BCUT2D eigenvalue weighted by molar-refractivity contribution is -0.179. The number of Topliss-reactive ketones (excluding diaryl/α,β-unsaturated/α-hetero) is 1. The van der Waals surface area contributed by atoms with Gasteiger partial charge in [-0.05, 0) is 78.4 Å². The highest BCUT2D eigenvalue weighted by atomic mass is 16.6. The van der Waals surface area contributed by atoms with Gasteiger partial charge in [0.25, 0.3) is 0 Å². The first kappa shape index (κ1) is 47.9. The van der Waals surface area contributed by atoms with Crippen LogP contribution in [0.25, 0.3) is 0 Å². The Morgan fingerprint density at radius 2 is 0.881 bits per heavy atom. The van der Waals surface area contributed by atoms with E-state index in [1.807, 2.05) is 48.5 Å². The maximum Gasteiger partial charge on any atom is 0.410 e. The number of carboxylic acid groups (broad SMARTS) is 1. The lowest BCUT2D eigenvalue weighted by atomic mass is 9.78. The minimum atomic E-state index is -1.63. The zero-order valence-electron chi connectivity index (χ0n) is 35.8. The summed E-state index contributed by atoms with van der Waals surface area (Å²) in [7, 11) is 0. The maximum absolute atomic E-state index is 13.1. The third-order valence-corrected chi connectivity index (χ3v) is 9.72. The summed E-state index contributed by atoms with van der Waals surface area (Å²) < 4.78 is 26.7. The Morgan fingerprint density at radius 3 is 1.22 bits per heavy atom. The molecule has 4 rings (SSSR count). The van der Waals surface area contributed by atoms with E-state index in [0.29, 0.717) is 0 Å². The molecule has 15 heteroatoms. The molecule has 0 radical (unpaired) electrons. The highest BCUT2D eigenvalue weighted by Gasteiger charge is 2.53. The van der Waals surface area contributed by atoms with E-state index >= 15 is 0 Å². The van der Waals surface area contributed by atoms with Crippen molar-refractivity contribution in [3.05, 3.63) is 71.8 Å². The normalized spacial score (nSPS) is 16.3. The monoisotopic (exact) mass is 824 g/mol. The standard InChI is InChI=1S/C25H35NO7.C19H25NO6/c1-23(2,3)19(27)17-32-21(29)25(20(28)31-16-18-10-8-7-9-11-18)12-14-26(15-13-25)22(30)33-24(4,5)6;1-18(2,3)26-17(24)20-11-9-19(10-12-20,15(21)22)16(23)25-13-14-7-5-4-6-8-14/h7-11H,12-17H2,1-6H3;4-8H,9-13H2,1-3H3,(H,21,22). The first-order chi connectivity index (χ1) is 27.4. The molecule has 2 heterocycles. The van der Waals surface area contributed by atoms with Crippen LogP contribution in [0.1, 0.15) is 99.1 Å². The Hall–Kier alpha value is -5.47. The molecule has 0 atom stereocenters. The SMILES string of the molecule is CC(C)(C)OC(=O)N1CCC(C(=O)O)(C(=O)OCc2ccccc2)CC1.CC(C)(C)OC(=O)N1CCC(C(=O)OCC(=O)C(C)(C)C)(C(=O)OCc2ccccc2)CC1. The Kier molecular flexibility index (Phi) is 16.2. The molecule has 0 aliphatic carbocycles. The fraction of sp³-hybridized carbons (Fsp3) is 0.568. The Morgan fingerprint density at radius 1 is 0.542 bits per heavy atom. The molecule has 0 bridgehead atoms. The van der Waals surface area contributed by atoms with Crippen molar-refractivity contribution in [2.45, 2.75) is 112 Å². The molecule has 2 aliphatic heterocycles. The average molecular weight is 825 g/mol. The van der Waals surface area contributed by atoms with Crippen LogP contribution >= 0.6 is 0 Å². The predicted octanol–water partition coefficient (Wildman–Crippen LogP) is 6.74. The lowest BCUT2D eigenvalue weighted by Crippen LogP contribution is -2.52. The second kappa shape index (κ2) is 20.0. The largest absolute Gasteiger partial charge is 0.480 e. The number of esters is 3. The summed E-state index contributed by atoms with van der Waals surface area (Å²) in [6.45, 7) is 15.9. The van der Waals surface area contributed by atoms with Crippen LogP contribution in [0, 0.1) is 16.2 Å². The average Bonchev–Trinajstić information content (AvgIpc) is 3.17. The molecular formula is C44H60N2O13. The van der Waals surface area contributed by atoms with Gasteiger partial charge >= 0.3 is 36.1 Å². The molecule has 0 saturated carbocycles. The number of hydrogen-bond donors (Lipinski definition) is 1. The highest BCUT2D eigenvalue weighted by Crippen LogP contribution is 2.37. The summed E-state index contributed by atoms with van der Waals surface area (Å²) in [4.78, 5) is 90.2. The van der Waals surface area contributed by atoms with E-state index in [4.69, 9.17) is 23.7 Å². The molecule has 0 aromatic heterocycles. The summed E-state index contributed by atoms with van der Waals surface area (Å²) >= 11 is 0. The van der Waals surface area contributed by atoms with Crippen molar-refractivity contribution in [1.82, 2.24) is 9.80 Å². The zero-order valence-corrected chi connectivity index (χ0v) is 35.8. The Bertz CT molecular complexity index is 1770. The maximum atomic E-state index is 13.1. The fourth-order valence-corrected chi connectivity index (χ4v) is 6.00. The van der Waals surface area contributed by atoms with Crippen LogP contribution in [0.5, 0.6) is 0 Å². The number of piperidine rings is 2. The molecule has 15 nitrogen and oxygen atoms in total. The number of hydrogen-bond acceptors (Lipinski definition) is 12. The summed E-state index contributed by atoms with van der Waals surface area (Å²) in [6, 6.07) is 18.2. The zero-order chi connectivity index (χ0) is 44.2. The second-order valence-electron chi connectivity index (χ2n) is 17.8. The van der Waals surface area contributed by atoms with Crippen molar-refractivity contribution >= 4 is 41.8 Å². The van der Waals surface area contributed by atoms with Crippen LogP contribution in [-0.4, -0.2) is 101 Å². The van der Waals surface area contributed by atoms with Gasteiger partial charge in [-0.15, -0.1) is 0 Å². The van der Waals surface area contributed by atoms with E-state index in [9.17, 15) is 38.7 Å². The van der Waals surface area contributed by atoms with Gasteiger partial charge in [-0.3, -0.25) is 24.0 Å². The number of likely N-dealkylation sites (tertiary alicyclic amines) is 2. The van der Waals surface area contributed by atoms with E-state index in [0.717, 1.165) is 11.1 Å². The summed E-state index contributed by atoms with van der Waals surface area (Å²) in [6.07, 6.45) is -0.992. The van der Waals surface area contributed by atoms with Crippen LogP contribution in [0.2, 0.25) is 0 Å². The molecule has 2 aliphatic rings. The number of nitrogens with zero attached hydrogens (tertiary/aromatic N) is 2. The van der Waals surface area contributed by atoms with Gasteiger partial charge in [0, 0.05) is 31.6 Å². The number of ether oxygens (including phenoxy) is 5. The molecular weight excluding hydrogens is 764 g/mol. The molecule has 2 saturated heterocycles. The highest BCUT2D eigenvalue weighted by molar-refractivity contribution is 6.01. The second-order valence-corrected chi connectivity index (χ2v) is 17.8. The number of amides is 2. The van der Waals surface area contributed by atoms with Gasteiger partial charge in [-0.2, -0.15) is 0 Å². The van der Waals surface area contributed by atoms with Crippen LogP contribution < -0.4 is 0 Å². The van der Waals surface area contributed by atoms with E-state index < -0.39 is 70.1 Å². The van der Waals surface area contributed by atoms with Gasteiger partial charge in [0.1, 0.15) is 24.4 Å². The molecule has 59 heavy (non-hydrogen) atoms. The molecule has 1 N–H and O–H groups in total. The molecule has 0 spiro atoms. The van der Waals surface area contributed by atoms with Crippen molar-refractivity contribution in [2.75, 3.05) is 32.8 Å². The van der Waals surface area contributed by atoms with Crippen molar-refractivity contribution in [3.8, 4) is 0 Å². The van der Waals surface area contributed by atoms with Crippen molar-refractivity contribution in [2.24, 2.45) is 16.2 Å². The lowest BCUT2D eigenvalue weighted by Gasteiger charge is -2.38. The quantitative estimate of drug-likeness (QED) is 0.151. The number of rotatable bonds is 10. The van der Waals surface area contributed by atoms with E-state index in [2.05, 4.69) is 0 Å². The summed E-state index contributed by atoms with van der Waals surface area (Å²) in [5.74, 6) is -3.77. The fourth-order valence-electron chi connectivity index (χ4n) is 6.00. The summed E-state index contributed by atoms with van der Waals surface area (Å²) in [5.41, 5.74) is -3.63. The van der Waals surface area contributed by atoms with Crippen LogP contribution in [-0.2, 0) is 60.9 Å². The van der Waals surface area contributed by atoms with Gasteiger partial charge in [-0.25, -0.2) is 9.59 Å². The number of carboxylic acids is 1. The molecule has 2 aromatic rings. The van der Waals surface area contributed by atoms with Crippen molar-refractivity contribution in [3.63, 3.8) is 0 Å². The number of aliphatic carboxylic acids is 1. The first-order valence-electron chi connectivity index (χ1n) is 19.7. The van der Waals surface area contributed by atoms with Crippen molar-refractivity contribution < 1.29 is 62.4 Å². The van der Waals surface area contributed by atoms with Crippen molar-refractivity contribution in [1.29, 1.82) is 0 Å². The Labute approximate surface area is 346 Å². The Balaban J connectivity index is 0.000000324. The van der Waals surface area contributed by atoms with Crippen LogP contribution in [0.3, 0.4) is 0 Å².